The molecule has 3 rings (SSSR count). The van der Waals surface area contributed by atoms with Crippen molar-refractivity contribution in [2.45, 2.75) is 18.7 Å². The summed E-state index contributed by atoms with van der Waals surface area (Å²) in [7, 11) is -3.28. The smallest absolute Gasteiger partial charge is 0.277 e. The Bertz CT molecular complexity index is 1050. The van der Waals surface area contributed by atoms with Gasteiger partial charge in [-0.1, -0.05) is 0 Å². The van der Waals surface area contributed by atoms with Crippen LogP contribution in [0, 0.1) is 13.8 Å². The fraction of sp³-hybridized carbons (Fsp3) is 0.176. The lowest BCUT2D eigenvalue weighted by molar-refractivity contribution is 0.102. The van der Waals surface area contributed by atoms with Crippen molar-refractivity contribution in [3.05, 3.63) is 52.9 Å². The van der Waals surface area contributed by atoms with Crippen molar-refractivity contribution in [3.63, 3.8) is 0 Å². The van der Waals surface area contributed by atoms with Gasteiger partial charge in [0.1, 0.15) is 5.69 Å². The van der Waals surface area contributed by atoms with Crippen molar-refractivity contribution in [2.75, 3.05) is 11.6 Å². The summed E-state index contributed by atoms with van der Waals surface area (Å²) in [6, 6.07) is 3.27. The Balaban J connectivity index is 1.90. The molecule has 0 unspecified atom stereocenters. The summed E-state index contributed by atoms with van der Waals surface area (Å²) < 4.78 is 23.5. The quantitative estimate of drug-likeness (QED) is 0.737. The Kier molecular flexibility index (Phi) is 4.84. The Labute approximate surface area is 155 Å². The highest BCUT2D eigenvalue weighted by atomic mass is 32.2. The summed E-state index contributed by atoms with van der Waals surface area (Å²) in [5.74, 6) is -0.389. The maximum absolute atomic E-state index is 12.1. The molecule has 2 heterocycles. The molecule has 0 saturated heterocycles. The monoisotopic (exact) mass is 388 g/mol. The van der Waals surface area contributed by atoms with Gasteiger partial charge in [0.25, 0.3) is 5.91 Å². The summed E-state index contributed by atoms with van der Waals surface area (Å²) in [5, 5.41) is 4.95. The molecule has 0 fully saturated rings. The van der Waals surface area contributed by atoms with Crippen LogP contribution in [0.5, 0.6) is 0 Å². The predicted molar refractivity (Wildman–Crippen MR) is 100 cm³/mol. The zero-order valence-electron chi connectivity index (χ0n) is 14.3. The number of thiazole rings is 1. The van der Waals surface area contributed by atoms with Crippen LogP contribution in [0.2, 0.25) is 0 Å². The van der Waals surface area contributed by atoms with Crippen LogP contribution < -0.4 is 5.32 Å². The molecule has 26 heavy (non-hydrogen) atoms. The first-order valence-corrected chi connectivity index (χ1v) is 10.4. The molecule has 1 N–H and O–H groups in total. The lowest BCUT2D eigenvalue weighted by atomic mass is 10.0. The van der Waals surface area contributed by atoms with Gasteiger partial charge in [-0.3, -0.25) is 15.1 Å². The van der Waals surface area contributed by atoms with E-state index in [2.05, 4.69) is 20.3 Å². The number of anilines is 1. The molecule has 0 radical (unpaired) electrons. The van der Waals surface area contributed by atoms with Crippen LogP contribution in [-0.2, 0) is 9.84 Å². The van der Waals surface area contributed by atoms with E-state index in [1.807, 2.05) is 19.2 Å². The largest absolute Gasteiger partial charge is 0.296 e. The van der Waals surface area contributed by atoms with Crippen molar-refractivity contribution in [1.82, 2.24) is 15.0 Å². The topological polar surface area (TPSA) is 102 Å². The van der Waals surface area contributed by atoms with Gasteiger partial charge in [0.15, 0.2) is 15.0 Å². The number of hydrogen-bond donors (Lipinski definition) is 1. The van der Waals surface area contributed by atoms with Gasteiger partial charge in [-0.25, -0.2) is 18.4 Å². The van der Waals surface area contributed by atoms with Crippen LogP contribution >= 0.6 is 11.3 Å². The summed E-state index contributed by atoms with van der Waals surface area (Å²) >= 11 is 1.29. The van der Waals surface area contributed by atoms with E-state index < -0.39 is 9.84 Å². The van der Waals surface area contributed by atoms with Crippen molar-refractivity contribution in [1.29, 1.82) is 0 Å². The summed E-state index contributed by atoms with van der Waals surface area (Å²) in [4.78, 5) is 24.7. The first-order chi connectivity index (χ1) is 12.3. The molecular weight excluding hydrogens is 372 g/mol. The normalized spacial score (nSPS) is 11.3. The van der Waals surface area contributed by atoms with E-state index in [0.717, 1.165) is 16.7 Å². The highest BCUT2D eigenvalue weighted by Gasteiger charge is 2.16. The zero-order chi connectivity index (χ0) is 18.9. The molecule has 0 saturated carbocycles. The predicted octanol–water partition coefficient (Wildman–Crippen LogP) is 2.87. The maximum atomic E-state index is 12.1. The number of carbonyl (C=O) groups is 1. The van der Waals surface area contributed by atoms with Crippen LogP contribution in [0.3, 0.4) is 0 Å². The van der Waals surface area contributed by atoms with E-state index in [4.69, 9.17) is 0 Å². The highest BCUT2D eigenvalue weighted by molar-refractivity contribution is 7.90. The number of aryl methyl sites for hydroxylation is 2. The number of aromatic nitrogens is 3. The van der Waals surface area contributed by atoms with E-state index in [1.165, 1.54) is 36.2 Å². The molecule has 1 aromatic carbocycles. The second kappa shape index (κ2) is 6.93. The standard InChI is InChI=1S/C17H16N4O3S2/c1-10-6-12(26(3,23)24)7-11(2)15(10)14-9-25-17(20-14)21-16(22)13-8-18-4-5-19-13/h4-9H,1-3H3,(H,20,21,22). The third-order valence-corrected chi connectivity index (χ3v) is 5.56. The first-order valence-electron chi connectivity index (χ1n) is 7.60. The number of amides is 1. The minimum Gasteiger partial charge on any atom is -0.296 e. The Morgan fingerprint density at radius 3 is 2.42 bits per heavy atom. The number of benzene rings is 1. The Morgan fingerprint density at radius 1 is 1.15 bits per heavy atom. The van der Waals surface area contributed by atoms with Gasteiger partial charge in [-0.2, -0.15) is 0 Å². The second-order valence-electron chi connectivity index (χ2n) is 5.79. The van der Waals surface area contributed by atoms with E-state index in [9.17, 15) is 13.2 Å². The highest BCUT2D eigenvalue weighted by Crippen LogP contribution is 2.32. The molecule has 3 aromatic rings. The van der Waals surface area contributed by atoms with Crippen LogP contribution in [-0.4, -0.2) is 35.5 Å². The van der Waals surface area contributed by atoms with Crippen LogP contribution in [0.1, 0.15) is 21.6 Å². The number of carbonyl (C=O) groups excluding carboxylic acids is 1. The van der Waals surface area contributed by atoms with Crippen molar-refractivity contribution < 1.29 is 13.2 Å². The minimum atomic E-state index is -3.28. The summed E-state index contributed by atoms with van der Waals surface area (Å²) in [5.41, 5.74) is 3.35. The SMILES string of the molecule is Cc1cc(S(C)(=O)=O)cc(C)c1-c1csc(NC(=O)c2cnccn2)n1. The lowest BCUT2D eigenvalue weighted by Gasteiger charge is -2.10. The molecule has 0 bridgehead atoms. The lowest BCUT2D eigenvalue weighted by Crippen LogP contribution is -2.13. The van der Waals surface area contributed by atoms with E-state index in [1.54, 1.807) is 12.1 Å². The molecule has 0 aliphatic heterocycles. The third-order valence-electron chi connectivity index (χ3n) is 3.71. The number of hydrogen-bond acceptors (Lipinski definition) is 7. The molecule has 1 amide bonds. The van der Waals surface area contributed by atoms with Gasteiger partial charge in [0.05, 0.1) is 16.8 Å². The number of sulfone groups is 1. The van der Waals surface area contributed by atoms with Gasteiger partial charge in [0.2, 0.25) is 0 Å². The minimum absolute atomic E-state index is 0.203. The molecule has 2 aromatic heterocycles. The molecule has 0 spiro atoms. The third kappa shape index (κ3) is 3.78. The second-order valence-corrected chi connectivity index (χ2v) is 8.66. The average Bonchev–Trinajstić information content (AvgIpc) is 3.02. The summed E-state index contributed by atoms with van der Waals surface area (Å²) in [6.07, 6.45) is 5.49. The molecule has 9 heteroatoms. The number of rotatable bonds is 4. The van der Waals surface area contributed by atoms with Crippen LogP contribution in [0.25, 0.3) is 11.3 Å². The molecule has 0 aliphatic rings. The number of nitrogens with zero attached hydrogens (tertiary/aromatic N) is 3. The molecule has 0 aliphatic carbocycles. The maximum Gasteiger partial charge on any atom is 0.277 e. The van der Waals surface area contributed by atoms with E-state index >= 15 is 0 Å². The van der Waals surface area contributed by atoms with Gasteiger partial charge >= 0.3 is 0 Å². The number of nitrogens with one attached hydrogen (secondary N) is 1. The van der Waals surface area contributed by atoms with Crippen molar-refractivity contribution in [3.8, 4) is 11.3 Å². The fourth-order valence-corrected chi connectivity index (χ4v) is 4.04. The van der Waals surface area contributed by atoms with E-state index in [0.29, 0.717) is 10.8 Å². The van der Waals surface area contributed by atoms with Gasteiger partial charge in [0, 0.05) is 29.6 Å². The Morgan fingerprint density at radius 2 is 1.85 bits per heavy atom. The Hall–Kier alpha value is -2.65. The van der Waals surface area contributed by atoms with Crippen LogP contribution in [0.15, 0.2) is 41.0 Å². The molecular formula is C17H16N4O3S2. The van der Waals surface area contributed by atoms with Gasteiger partial charge < -0.3 is 0 Å². The summed E-state index contributed by atoms with van der Waals surface area (Å²) in [6.45, 7) is 3.68. The molecule has 0 atom stereocenters. The fourth-order valence-electron chi connectivity index (χ4n) is 2.57. The van der Waals surface area contributed by atoms with E-state index in [-0.39, 0.29) is 16.5 Å². The first kappa shape index (κ1) is 18.2. The van der Waals surface area contributed by atoms with Gasteiger partial charge in [-0.05, 0) is 37.1 Å². The van der Waals surface area contributed by atoms with Crippen molar-refractivity contribution >= 4 is 32.2 Å². The van der Waals surface area contributed by atoms with Gasteiger partial charge in [-0.15, -0.1) is 11.3 Å². The molecule has 7 nitrogen and oxygen atoms in total. The van der Waals surface area contributed by atoms with Crippen molar-refractivity contribution in [2.24, 2.45) is 0 Å². The molecule has 134 valence electrons. The zero-order valence-corrected chi connectivity index (χ0v) is 16.0. The van der Waals surface area contributed by atoms with Crippen LogP contribution in [0.4, 0.5) is 5.13 Å². The average molecular weight is 388 g/mol.